The fourth-order valence-corrected chi connectivity index (χ4v) is 4.08. The molecule has 2 aromatic carbocycles. The summed E-state index contributed by atoms with van der Waals surface area (Å²) in [6.45, 7) is 0. The quantitative estimate of drug-likeness (QED) is 0.658. The smallest absolute Gasteiger partial charge is 0.276 e. The van der Waals surface area contributed by atoms with E-state index in [9.17, 15) is 23.2 Å². The number of amides is 3. The molecule has 0 fully saturated rings. The molecule has 156 valence electrons. The van der Waals surface area contributed by atoms with E-state index in [2.05, 4.69) is 10.4 Å². The highest BCUT2D eigenvalue weighted by molar-refractivity contribution is 6.21. The summed E-state index contributed by atoms with van der Waals surface area (Å²) in [5.41, 5.74) is 2.94. The number of benzene rings is 2. The zero-order chi connectivity index (χ0) is 21.9. The number of aromatic nitrogens is 2. The van der Waals surface area contributed by atoms with Crippen molar-refractivity contribution >= 4 is 23.4 Å². The molecule has 2 aliphatic rings. The lowest BCUT2D eigenvalue weighted by atomic mass is 10.1. The molecule has 1 N–H and O–H groups in total. The summed E-state index contributed by atoms with van der Waals surface area (Å²) in [6, 6.07) is 7.98. The first-order valence-corrected chi connectivity index (χ1v) is 9.69. The number of hydrogen-bond donors (Lipinski definition) is 1. The Bertz CT molecular complexity index is 1300. The number of carbonyl (C=O) groups is 3. The third kappa shape index (κ3) is 2.92. The SMILES string of the molecule is CN1C(=O)c2ccc(NC(=O)c3nn(-c4ccc(F)c(F)c4)c4c3CCC4)cc2C1=O. The van der Waals surface area contributed by atoms with Crippen LogP contribution in [0.5, 0.6) is 0 Å². The molecule has 1 aliphatic carbocycles. The Morgan fingerprint density at radius 3 is 2.55 bits per heavy atom. The molecule has 7 nitrogen and oxygen atoms in total. The lowest BCUT2D eigenvalue weighted by molar-refractivity contribution is 0.0692. The van der Waals surface area contributed by atoms with Crippen LogP contribution in [0.15, 0.2) is 36.4 Å². The van der Waals surface area contributed by atoms with Gasteiger partial charge in [-0.25, -0.2) is 13.5 Å². The molecule has 3 aromatic rings. The normalized spacial score (nSPS) is 14.7. The molecule has 0 spiro atoms. The number of nitrogens with one attached hydrogen (secondary N) is 1. The highest BCUT2D eigenvalue weighted by Crippen LogP contribution is 2.30. The predicted molar refractivity (Wildman–Crippen MR) is 106 cm³/mol. The van der Waals surface area contributed by atoms with Crippen molar-refractivity contribution in [1.82, 2.24) is 14.7 Å². The molecule has 1 aromatic heterocycles. The molecule has 0 radical (unpaired) electrons. The van der Waals surface area contributed by atoms with Gasteiger partial charge in [0.05, 0.1) is 16.8 Å². The molecular weight excluding hydrogens is 406 g/mol. The zero-order valence-electron chi connectivity index (χ0n) is 16.4. The maximum atomic E-state index is 13.7. The van der Waals surface area contributed by atoms with Crippen LogP contribution in [0.25, 0.3) is 5.69 Å². The third-order valence-electron chi connectivity index (χ3n) is 5.64. The minimum atomic E-state index is -0.993. The van der Waals surface area contributed by atoms with E-state index in [1.807, 2.05) is 0 Å². The molecule has 1 aliphatic heterocycles. The Hall–Kier alpha value is -3.88. The van der Waals surface area contributed by atoms with E-state index in [-0.39, 0.29) is 22.7 Å². The standard InChI is InChI=1S/C22H16F2N4O3/c1-27-21(30)13-7-5-11(9-15(13)22(27)31)25-20(29)19-14-3-2-4-18(14)28(26-19)12-6-8-16(23)17(24)10-12/h5-10H,2-4H2,1H3,(H,25,29). The first kappa shape index (κ1) is 19.1. The summed E-state index contributed by atoms with van der Waals surface area (Å²) >= 11 is 0. The van der Waals surface area contributed by atoms with Gasteiger partial charge in [0.1, 0.15) is 0 Å². The van der Waals surface area contributed by atoms with Gasteiger partial charge in [0.2, 0.25) is 0 Å². The second kappa shape index (κ2) is 6.83. The van der Waals surface area contributed by atoms with Gasteiger partial charge in [0.15, 0.2) is 17.3 Å². The first-order chi connectivity index (χ1) is 14.8. The summed E-state index contributed by atoms with van der Waals surface area (Å²) in [5, 5.41) is 7.09. The lowest BCUT2D eigenvalue weighted by Crippen LogP contribution is -2.24. The van der Waals surface area contributed by atoms with E-state index in [0.717, 1.165) is 34.7 Å². The molecule has 31 heavy (non-hydrogen) atoms. The van der Waals surface area contributed by atoms with Gasteiger partial charge in [-0.2, -0.15) is 5.10 Å². The Balaban J connectivity index is 1.48. The van der Waals surface area contributed by atoms with Crippen LogP contribution in [0.4, 0.5) is 14.5 Å². The molecule has 0 atom stereocenters. The van der Waals surface area contributed by atoms with Crippen molar-refractivity contribution in [2.75, 3.05) is 12.4 Å². The van der Waals surface area contributed by atoms with Gasteiger partial charge in [-0.3, -0.25) is 19.3 Å². The maximum absolute atomic E-state index is 13.7. The van der Waals surface area contributed by atoms with Crippen molar-refractivity contribution in [2.45, 2.75) is 19.3 Å². The van der Waals surface area contributed by atoms with Crippen LogP contribution in [-0.2, 0) is 12.8 Å². The highest BCUT2D eigenvalue weighted by atomic mass is 19.2. The summed E-state index contributed by atoms with van der Waals surface area (Å²) in [7, 11) is 1.40. The summed E-state index contributed by atoms with van der Waals surface area (Å²) < 4.78 is 28.5. The van der Waals surface area contributed by atoms with Crippen LogP contribution in [0.1, 0.15) is 48.9 Å². The van der Waals surface area contributed by atoms with Gasteiger partial charge in [-0.05, 0) is 49.6 Å². The molecular formula is C22H16F2N4O3. The van der Waals surface area contributed by atoms with Crippen LogP contribution in [0.3, 0.4) is 0 Å². The van der Waals surface area contributed by atoms with Gasteiger partial charge in [-0.1, -0.05) is 0 Å². The molecule has 0 saturated carbocycles. The van der Waals surface area contributed by atoms with Gasteiger partial charge in [0.25, 0.3) is 17.7 Å². The van der Waals surface area contributed by atoms with Crippen molar-refractivity contribution in [1.29, 1.82) is 0 Å². The minimum absolute atomic E-state index is 0.192. The van der Waals surface area contributed by atoms with E-state index < -0.39 is 23.4 Å². The molecule has 0 unspecified atom stereocenters. The van der Waals surface area contributed by atoms with Crippen molar-refractivity contribution in [3.05, 3.63) is 76.1 Å². The van der Waals surface area contributed by atoms with Crippen LogP contribution >= 0.6 is 0 Å². The first-order valence-electron chi connectivity index (χ1n) is 9.69. The van der Waals surface area contributed by atoms with Crippen LogP contribution in [-0.4, -0.2) is 39.4 Å². The number of rotatable bonds is 3. The number of nitrogens with zero attached hydrogens (tertiary/aromatic N) is 3. The Labute approximate surface area is 175 Å². The second-order valence-electron chi connectivity index (χ2n) is 7.52. The molecule has 0 bridgehead atoms. The molecule has 2 heterocycles. The summed E-state index contributed by atoms with van der Waals surface area (Å²) in [6.07, 6.45) is 2.12. The monoisotopic (exact) mass is 422 g/mol. The van der Waals surface area contributed by atoms with Crippen LogP contribution in [0, 0.1) is 11.6 Å². The number of carbonyl (C=O) groups excluding carboxylic acids is 3. The second-order valence-corrected chi connectivity index (χ2v) is 7.52. The van der Waals surface area contributed by atoms with E-state index in [1.54, 1.807) is 6.07 Å². The van der Waals surface area contributed by atoms with Crippen LogP contribution < -0.4 is 5.32 Å². The number of anilines is 1. The van der Waals surface area contributed by atoms with Crippen molar-refractivity contribution in [2.24, 2.45) is 0 Å². The Kier molecular flexibility index (Phi) is 4.21. The van der Waals surface area contributed by atoms with Crippen molar-refractivity contribution in [3.8, 4) is 5.69 Å². The van der Waals surface area contributed by atoms with Crippen molar-refractivity contribution in [3.63, 3.8) is 0 Å². The molecule has 5 rings (SSSR count). The minimum Gasteiger partial charge on any atom is -0.321 e. The number of imide groups is 1. The van der Waals surface area contributed by atoms with E-state index in [0.29, 0.717) is 24.2 Å². The third-order valence-corrected chi connectivity index (χ3v) is 5.64. The Morgan fingerprint density at radius 2 is 1.77 bits per heavy atom. The average molecular weight is 422 g/mol. The topological polar surface area (TPSA) is 84.3 Å². The highest BCUT2D eigenvalue weighted by Gasteiger charge is 2.33. The fraction of sp³-hybridized carbons (Fsp3) is 0.182. The molecule has 3 amide bonds. The van der Waals surface area contributed by atoms with E-state index >= 15 is 0 Å². The fourth-order valence-electron chi connectivity index (χ4n) is 4.08. The Morgan fingerprint density at radius 1 is 1.00 bits per heavy atom. The van der Waals surface area contributed by atoms with Gasteiger partial charge in [-0.15, -0.1) is 0 Å². The van der Waals surface area contributed by atoms with Crippen molar-refractivity contribution < 1.29 is 23.2 Å². The largest absolute Gasteiger partial charge is 0.321 e. The summed E-state index contributed by atoms with van der Waals surface area (Å²) in [5.74, 6) is -3.25. The summed E-state index contributed by atoms with van der Waals surface area (Å²) in [4.78, 5) is 38.2. The molecule has 9 heteroatoms. The van der Waals surface area contributed by atoms with Gasteiger partial charge >= 0.3 is 0 Å². The predicted octanol–water partition coefficient (Wildman–Crippen LogP) is 3.12. The van der Waals surface area contributed by atoms with Gasteiger partial charge in [0, 0.05) is 30.1 Å². The van der Waals surface area contributed by atoms with E-state index in [4.69, 9.17) is 0 Å². The maximum Gasteiger partial charge on any atom is 0.276 e. The lowest BCUT2D eigenvalue weighted by Gasteiger charge is -2.07. The zero-order valence-corrected chi connectivity index (χ0v) is 16.4. The molecule has 0 saturated heterocycles. The number of fused-ring (bicyclic) bond motifs is 2. The van der Waals surface area contributed by atoms with E-state index in [1.165, 1.54) is 29.9 Å². The van der Waals surface area contributed by atoms with Crippen LogP contribution in [0.2, 0.25) is 0 Å². The number of hydrogen-bond acceptors (Lipinski definition) is 4. The average Bonchev–Trinajstić information content (AvgIpc) is 3.41. The number of halogens is 2. The van der Waals surface area contributed by atoms with Gasteiger partial charge < -0.3 is 5.32 Å².